The highest BCUT2D eigenvalue weighted by Crippen LogP contribution is 2.44. The Morgan fingerprint density at radius 1 is 0.824 bits per heavy atom. The van der Waals surface area contributed by atoms with E-state index in [0.717, 1.165) is 6.42 Å². The van der Waals surface area contributed by atoms with E-state index >= 15 is 0 Å². The average Bonchev–Trinajstić information content (AvgIpc) is 2.82. The van der Waals surface area contributed by atoms with E-state index in [9.17, 15) is 0 Å². The summed E-state index contributed by atoms with van der Waals surface area (Å²) in [5, 5.41) is 3.49. The predicted molar refractivity (Wildman–Crippen MR) is 70.3 cm³/mol. The van der Waals surface area contributed by atoms with Gasteiger partial charge in [-0.05, 0) is 34.2 Å². The standard InChI is InChI=1S/C16H13N/c1-2-6-13-12(5-1)11-9-16(17-10-11)15-8-4-3-7-14(13)15/h1-8,10,16-17H,9H2. The Kier molecular flexibility index (Phi) is 1.72. The molecule has 17 heavy (non-hydrogen) atoms. The molecule has 1 atom stereocenters. The normalized spacial score (nSPS) is 19.8. The maximum Gasteiger partial charge on any atom is 0.0555 e. The first kappa shape index (κ1) is 9.06. The monoisotopic (exact) mass is 219 g/mol. The molecule has 82 valence electrons. The van der Waals surface area contributed by atoms with Gasteiger partial charge >= 0.3 is 0 Å². The van der Waals surface area contributed by atoms with Gasteiger partial charge in [0, 0.05) is 6.20 Å². The highest BCUT2D eigenvalue weighted by atomic mass is 14.9. The van der Waals surface area contributed by atoms with Crippen molar-refractivity contribution >= 4 is 5.57 Å². The zero-order valence-electron chi connectivity index (χ0n) is 9.48. The van der Waals surface area contributed by atoms with Crippen LogP contribution in [-0.2, 0) is 0 Å². The number of rotatable bonds is 0. The van der Waals surface area contributed by atoms with Gasteiger partial charge in [0.1, 0.15) is 0 Å². The van der Waals surface area contributed by atoms with Crippen LogP contribution in [0.4, 0.5) is 0 Å². The molecule has 2 aliphatic rings. The van der Waals surface area contributed by atoms with Crippen molar-refractivity contribution in [2.24, 2.45) is 0 Å². The molecular formula is C16H13N. The van der Waals surface area contributed by atoms with Crippen LogP contribution in [0.25, 0.3) is 16.7 Å². The topological polar surface area (TPSA) is 12.0 Å². The highest BCUT2D eigenvalue weighted by Gasteiger charge is 2.27. The van der Waals surface area contributed by atoms with Crippen molar-refractivity contribution in [3.05, 3.63) is 65.9 Å². The largest absolute Gasteiger partial charge is 0.383 e. The molecule has 4 rings (SSSR count). The Bertz CT molecular complexity index is 625. The molecule has 0 amide bonds. The predicted octanol–water partition coefficient (Wildman–Crippen LogP) is 3.74. The molecule has 2 bridgehead atoms. The van der Waals surface area contributed by atoms with Gasteiger partial charge < -0.3 is 5.32 Å². The molecule has 0 saturated carbocycles. The molecule has 1 unspecified atom stereocenters. The van der Waals surface area contributed by atoms with Gasteiger partial charge in [-0.25, -0.2) is 0 Å². The van der Waals surface area contributed by atoms with Crippen molar-refractivity contribution in [3.8, 4) is 11.1 Å². The minimum absolute atomic E-state index is 0.452. The summed E-state index contributed by atoms with van der Waals surface area (Å²) < 4.78 is 0. The van der Waals surface area contributed by atoms with Crippen LogP contribution in [-0.4, -0.2) is 0 Å². The van der Waals surface area contributed by atoms with Gasteiger partial charge in [-0.1, -0.05) is 48.5 Å². The summed E-state index contributed by atoms with van der Waals surface area (Å²) in [5.74, 6) is 0. The SMILES string of the molecule is C1=C2CC(N1)c1ccccc1-c1ccccc12. The van der Waals surface area contributed by atoms with Crippen LogP contribution in [0.1, 0.15) is 23.6 Å². The third kappa shape index (κ3) is 1.19. The van der Waals surface area contributed by atoms with Crippen LogP contribution in [0.3, 0.4) is 0 Å². The summed E-state index contributed by atoms with van der Waals surface area (Å²) in [6, 6.07) is 17.9. The summed E-state index contributed by atoms with van der Waals surface area (Å²) >= 11 is 0. The first-order chi connectivity index (χ1) is 8.43. The lowest BCUT2D eigenvalue weighted by Gasteiger charge is -2.15. The average molecular weight is 219 g/mol. The van der Waals surface area contributed by atoms with Gasteiger partial charge in [0.05, 0.1) is 6.04 Å². The molecule has 1 N–H and O–H groups in total. The number of hydrogen-bond acceptors (Lipinski definition) is 1. The first-order valence-electron chi connectivity index (χ1n) is 6.07. The second kappa shape index (κ2) is 3.24. The van der Waals surface area contributed by atoms with Crippen LogP contribution in [0, 0.1) is 0 Å². The van der Waals surface area contributed by atoms with Crippen LogP contribution >= 0.6 is 0 Å². The van der Waals surface area contributed by atoms with Crippen molar-refractivity contribution in [3.63, 3.8) is 0 Å². The maximum atomic E-state index is 3.49. The van der Waals surface area contributed by atoms with Crippen molar-refractivity contribution < 1.29 is 0 Å². The van der Waals surface area contributed by atoms with Gasteiger partial charge in [-0.3, -0.25) is 0 Å². The molecule has 1 heteroatoms. The second-order valence-electron chi connectivity index (χ2n) is 4.73. The van der Waals surface area contributed by atoms with E-state index in [1.807, 2.05) is 0 Å². The quantitative estimate of drug-likeness (QED) is 0.711. The Morgan fingerprint density at radius 3 is 2.41 bits per heavy atom. The summed E-state index contributed by atoms with van der Waals surface area (Å²) in [6.45, 7) is 0. The molecule has 1 nitrogen and oxygen atoms in total. The van der Waals surface area contributed by atoms with E-state index in [2.05, 4.69) is 60.0 Å². The molecular weight excluding hydrogens is 206 g/mol. The Hall–Kier alpha value is -2.02. The molecule has 0 radical (unpaired) electrons. The molecule has 1 heterocycles. The fraction of sp³-hybridized carbons (Fsp3) is 0.125. The summed E-state index contributed by atoms with van der Waals surface area (Å²) in [5.41, 5.74) is 6.99. The minimum Gasteiger partial charge on any atom is -0.383 e. The fourth-order valence-corrected chi connectivity index (χ4v) is 2.97. The first-order valence-corrected chi connectivity index (χ1v) is 6.07. The Labute approximate surface area is 101 Å². The molecule has 2 aromatic rings. The zero-order chi connectivity index (χ0) is 11.2. The maximum absolute atomic E-state index is 3.49. The van der Waals surface area contributed by atoms with Crippen molar-refractivity contribution in [2.45, 2.75) is 12.5 Å². The van der Waals surface area contributed by atoms with Crippen LogP contribution in [0.15, 0.2) is 54.7 Å². The smallest absolute Gasteiger partial charge is 0.0555 e. The van der Waals surface area contributed by atoms with E-state index in [4.69, 9.17) is 0 Å². The molecule has 0 fully saturated rings. The van der Waals surface area contributed by atoms with Gasteiger partial charge in [-0.2, -0.15) is 0 Å². The van der Waals surface area contributed by atoms with Gasteiger partial charge in [0.25, 0.3) is 0 Å². The van der Waals surface area contributed by atoms with Crippen LogP contribution in [0.2, 0.25) is 0 Å². The van der Waals surface area contributed by atoms with Crippen molar-refractivity contribution in [1.29, 1.82) is 0 Å². The number of fused-ring (bicyclic) bond motifs is 7. The molecule has 1 aliphatic heterocycles. The van der Waals surface area contributed by atoms with E-state index in [1.54, 1.807) is 0 Å². The highest BCUT2D eigenvalue weighted by molar-refractivity contribution is 5.86. The second-order valence-corrected chi connectivity index (χ2v) is 4.73. The van der Waals surface area contributed by atoms with Gasteiger partial charge in [0.15, 0.2) is 0 Å². The third-order valence-electron chi connectivity index (χ3n) is 3.78. The molecule has 0 saturated heterocycles. The number of hydrogen-bond donors (Lipinski definition) is 1. The van der Waals surface area contributed by atoms with Gasteiger partial charge in [-0.15, -0.1) is 0 Å². The lowest BCUT2D eigenvalue weighted by Crippen LogP contribution is -2.10. The summed E-state index contributed by atoms with van der Waals surface area (Å²) in [6.07, 6.45) is 3.29. The molecule has 0 aromatic heterocycles. The molecule has 0 spiro atoms. The van der Waals surface area contributed by atoms with Gasteiger partial charge in [0.2, 0.25) is 0 Å². The van der Waals surface area contributed by atoms with E-state index in [-0.39, 0.29) is 0 Å². The lowest BCUT2D eigenvalue weighted by molar-refractivity contribution is 0.680. The Morgan fingerprint density at radius 2 is 1.53 bits per heavy atom. The zero-order valence-corrected chi connectivity index (χ0v) is 9.48. The lowest BCUT2D eigenvalue weighted by atomic mass is 9.94. The third-order valence-corrected chi connectivity index (χ3v) is 3.78. The minimum atomic E-state index is 0.452. The Balaban J connectivity index is 2.11. The summed E-state index contributed by atoms with van der Waals surface area (Å²) in [4.78, 5) is 0. The fourth-order valence-electron chi connectivity index (χ4n) is 2.97. The van der Waals surface area contributed by atoms with Crippen molar-refractivity contribution in [2.75, 3.05) is 0 Å². The van der Waals surface area contributed by atoms with Crippen molar-refractivity contribution in [1.82, 2.24) is 5.32 Å². The van der Waals surface area contributed by atoms with E-state index < -0.39 is 0 Å². The van der Waals surface area contributed by atoms with Crippen LogP contribution in [0.5, 0.6) is 0 Å². The summed E-state index contributed by atoms with van der Waals surface area (Å²) in [7, 11) is 0. The van der Waals surface area contributed by atoms with E-state index in [0.29, 0.717) is 6.04 Å². The molecule has 1 aliphatic carbocycles. The van der Waals surface area contributed by atoms with Crippen LogP contribution < -0.4 is 5.32 Å². The molecule has 2 aromatic carbocycles. The number of nitrogens with one attached hydrogen (secondary N) is 1. The van der Waals surface area contributed by atoms with E-state index in [1.165, 1.54) is 27.8 Å². The number of benzene rings is 2.